The van der Waals surface area contributed by atoms with Crippen molar-refractivity contribution in [3.63, 3.8) is 0 Å². The van der Waals surface area contributed by atoms with Gasteiger partial charge in [0.1, 0.15) is 11.9 Å². The molecule has 5 rings (SSSR count). The fourth-order valence-corrected chi connectivity index (χ4v) is 5.36. The lowest BCUT2D eigenvalue weighted by Gasteiger charge is -2.13. The second-order valence-corrected chi connectivity index (χ2v) is 9.99. The van der Waals surface area contributed by atoms with Gasteiger partial charge in [0.05, 0.1) is 16.6 Å². The lowest BCUT2D eigenvalue weighted by molar-refractivity contribution is -0.117. The van der Waals surface area contributed by atoms with E-state index in [1.165, 1.54) is 18.4 Å². The largest absolute Gasteiger partial charge is 0.370 e. The third-order valence-electron chi connectivity index (χ3n) is 7.27. The number of carbonyl (C=O) groups excluding carboxylic acids is 2. The highest BCUT2D eigenvalue weighted by atomic mass is 16.5. The molecule has 0 radical (unpaired) electrons. The Bertz CT molecular complexity index is 1220. The summed E-state index contributed by atoms with van der Waals surface area (Å²) in [5.41, 5.74) is 4.77. The molecule has 1 saturated carbocycles. The molecule has 3 aromatic rings. The van der Waals surface area contributed by atoms with Crippen LogP contribution >= 0.6 is 0 Å². The SMILES string of the molecule is Cc1ccc(CNC(=O)c2cc(NC(=O)CC3CCCC3)cc3nc(C4CCCO4)n(C)c23)cc1. The molecule has 7 nitrogen and oxygen atoms in total. The standard InChI is InChI=1S/C28H34N4O3/c1-18-9-11-20(12-10-18)17-29-28(34)22-15-21(30-25(33)14-19-6-3-4-7-19)16-23-26(22)32(2)27(31-23)24-8-5-13-35-24/h9-12,15-16,19,24H,3-8,13-14,17H2,1-2H3,(H,29,34)(H,30,33). The third-order valence-corrected chi connectivity index (χ3v) is 7.27. The molecule has 1 aliphatic carbocycles. The molecule has 1 atom stereocenters. The van der Waals surface area contributed by atoms with Crippen molar-refractivity contribution < 1.29 is 14.3 Å². The van der Waals surface area contributed by atoms with Gasteiger partial charge >= 0.3 is 0 Å². The Hall–Kier alpha value is -3.19. The zero-order valence-corrected chi connectivity index (χ0v) is 20.6. The Morgan fingerprint density at radius 2 is 1.86 bits per heavy atom. The topological polar surface area (TPSA) is 85.2 Å². The van der Waals surface area contributed by atoms with Crippen LogP contribution in [0.3, 0.4) is 0 Å². The molecule has 1 aliphatic heterocycles. The first-order chi connectivity index (χ1) is 17.0. The maximum atomic E-state index is 13.4. The molecular weight excluding hydrogens is 440 g/mol. The van der Waals surface area contributed by atoms with Gasteiger partial charge in [-0.05, 0) is 56.2 Å². The number of imidazole rings is 1. The maximum Gasteiger partial charge on any atom is 0.253 e. The summed E-state index contributed by atoms with van der Waals surface area (Å²) < 4.78 is 7.85. The molecule has 7 heteroatoms. The first-order valence-electron chi connectivity index (χ1n) is 12.7. The summed E-state index contributed by atoms with van der Waals surface area (Å²) in [4.78, 5) is 31.0. The van der Waals surface area contributed by atoms with Gasteiger partial charge in [0.2, 0.25) is 5.91 Å². The molecule has 0 spiro atoms. The number of fused-ring (bicyclic) bond motifs is 1. The number of aromatic nitrogens is 2. The highest BCUT2D eigenvalue weighted by molar-refractivity contribution is 6.07. The van der Waals surface area contributed by atoms with Crippen molar-refractivity contribution >= 4 is 28.5 Å². The fraction of sp³-hybridized carbons (Fsp3) is 0.464. The van der Waals surface area contributed by atoms with Crippen LogP contribution in [0.15, 0.2) is 36.4 Å². The van der Waals surface area contributed by atoms with E-state index in [1.807, 2.05) is 48.9 Å². The average Bonchev–Trinajstić information content (AvgIpc) is 3.60. The van der Waals surface area contributed by atoms with Gasteiger partial charge in [0.15, 0.2) is 0 Å². The predicted molar refractivity (Wildman–Crippen MR) is 136 cm³/mol. The number of carbonyl (C=O) groups is 2. The van der Waals surface area contributed by atoms with E-state index in [-0.39, 0.29) is 17.9 Å². The Morgan fingerprint density at radius 3 is 2.57 bits per heavy atom. The van der Waals surface area contributed by atoms with Gasteiger partial charge in [-0.1, -0.05) is 42.7 Å². The van der Waals surface area contributed by atoms with Crippen LogP contribution < -0.4 is 10.6 Å². The number of hydrogen-bond acceptors (Lipinski definition) is 4. The molecule has 2 aliphatic rings. The molecule has 1 unspecified atom stereocenters. The van der Waals surface area contributed by atoms with E-state index in [4.69, 9.17) is 9.72 Å². The summed E-state index contributed by atoms with van der Waals surface area (Å²) >= 11 is 0. The number of amides is 2. The minimum Gasteiger partial charge on any atom is -0.370 e. The van der Waals surface area contributed by atoms with Gasteiger partial charge in [-0.2, -0.15) is 0 Å². The van der Waals surface area contributed by atoms with E-state index in [9.17, 15) is 9.59 Å². The normalized spacial score (nSPS) is 18.3. The second kappa shape index (κ2) is 10.2. The highest BCUT2D eigenvalue weighted by Crippen LogP contribution is 2.33. The Labute approximate surface area is 206 Å². The number of nitrogens with one attached hydrogen (secondary N) is 2. The van der Waals surface area contributed by atoms with E-state index in [0.29, 0.717) is 35.7 Å². The summed E-state index contributed by atoms with van der Waals surface area (Å²) in [5.74, 6) is 1.08. The van der Waals surface area contributed by atoms with Gasteiger partial charge in [-0.15, -0.1) is 0 Å². The molecule has 1 saturated heterocycles. The van der Waals surface area contributed by atoms with Crippen molar-refractivity contribution in [1.82, 2.24) is 14.9 Å². The van der Waals surface area contributed by atoms with Crippen LogP contribution in [0.5, 0.6) is 0 Å². The fourth-order valence-electron chi connectivity index (χ4n) is 5.36. The van der Waals surface area contributed by atoms with Crippen LogP contribution in [0.25, 0.3) is 11.0 Å². The predicted octanol–water partition coefficient (Wildman–Crippen LogP) is 5.18. The third kappa shape index (κ3) is 5.25. The van der Waals surface area contributed by atoms with Crippen LogP contribution in [-0.4, -0.2) is 28.0 Å². The number of anilines is 1. The molecule has 2 N–H and O–H groups in total. The molecule has 2 heterocycles. The van der Waals surface area contributed by atoms with Gasteiger partial charge < -0.3 is 19.9 Å². The smallest absolute Gasteiger partial charge is 0.253 e. The number of benzene rings is 2. The zero-order valence-electron chi connectivity index (χ0n) is 20.6. The summed E-state index contributed by atoms with van der Waals surface area (Å²) in [6.07, 6.45) is 7.00. The summed E-state index contributed by atoms with van der Waals surface area (Å²) in [6, 6.07) is 11.8. The second-order valence-electron chi connectivity index (χ2n) is 9.99. The monoisotopic (exact) mass is 474 g/mol. The van der Waals surface area contributed by atoms with Crippen LogP contribution in [-0.2, 0) is 23.1 Å². The van der Waals surface area contributed by atoms with Crippen molar-refractivity contribution in [3.05, 3.63) is 58.9 Å². The number of ether oxygens (including phenoxy) is 1. The first kappa shape index (κ1) is 23.5. The van der Waals surface area contributed by atoms with Crippen molar-refractivity contribution in [3.8, 4) is 0 Å². The van der Waals surface area contributed by atoms with Crippen LogP contribution in [0, 0.1) is 12.8 Å². The van der Waals surface area contributed by atoms with Gasteiger partial charge in [0, 0.05) is 32.3 Å². The lowest BCUT2D eigenvalue weighted by atomic mass is 10.0. The van der Waals surface area contributed by atoms with E-state index in [1.54, 1.807) is 6.07 Å². The molecule has 184 valence electrons. The maximum absolute atomic E-state index is 13.4. The van der Waals surface area contributed by atoms with Crippen molar-refractivity contribution in [2.24, 2.45) is 13.0 Å². The molecular formula is C28H34N4O3. The minimum absolute atomic E-state index is 0.00227. The molecule has 2 fully saturated rings. The Kier molecular flexibility index (Phi) is 6.86. The Balaban J connectivity index is 1.44. The number of rotatable bonds is 7. The van der Waals surface area contributed by atoms with Gasteiger partial charge in [-0.25, -0.2) is 4.98 Å². The van der Waals surface area contributed by atoms with Crippen molar-refractivity contribution in [2.75, 3.05) is 11.9 Å². The highest BCUT2D eigenvalue weighted by Gasteiger charge is 2.26. The molecule has 2 amide bonds. The van der Waals surface area contributed by atoms with Gasteiger partial charge in [-0.3, -0.25) is 9.59 Å². The molecule has 2 aromatic carbocycles. The quantitative estimate of drug-likeness (QED) is 0.494. The summed E-state index contributed by atoms with van der Waals surface area (Å²) in [5, 5.41) is 6.08. The van der Waals surface area contributed by atoms with Crippen molar-refractivity contribution in [2.45, 2.75) is 64.5 Å². The van der Waals surface area contributed by atoms with E-state index >= 15 is 0 Å². The molecule has 35 heavy (non-hydrogen) atoms. The summed E-state index contributed by atoms with van der Waals surface area (Å²) in [7, 11) is 1.93. The van der Waals surface area contributed by atoms with Crippen molar-refractivity contribution in [1.29, 1.82) is 0 Å². The lowest BCUT2D eigenvalue weighted by Crippen LogP contribution is -2.24. The molecule has 1 aromatic heterocycles. The zero-order chi connectivity index (χ0) is 24.4. The minimum atomic E-state index is -0.190. The van der Waals surface area contributed by atoms with Gasteiger partial charge in [0.25, 0.3) is 5.91 Å². The summed E-state index contributed by atoms with van der Waals surface area (Å²) in [6.45, 7) is 3.19. The Morgan fingerprint density at radius 1 is 1.09 bits per heavy atom. The number of hydrogen-bond donors (Lipinski definition) is 2. The van der Waals surface area contributed by atoms with Crippen LogP contribution in [0.1, 0.15) is 78.4 Å². The van der Waals surface area contributed by atoms with Crippen LogP contribution in [0.2, 0.25) is 0 Å². The molecule has 0 bridgehead atoms. The van der Waals surface area contributed by atoms with E-state index in [2.05, 4.69) is 10.6 Å². The number of aryl methyl sites for hydroxylation is 2. The van der Waals surface area contributed by atoms with Crippen LogP contribution in [0.4, 0.5) is 5.69 Å². The van der Waals surface area contributed by atoms with E-state index in [0.717, 1.165) is 49.2 Å². The number of nitrogens with zero attached hydrogens (tertiary/aromatic N) is 2. The van der Waals surface area contributed by atoms with E-state index < -0.39 is 0 Å². The first-order valence-corrected chi connectivity index (χ1v) is 12.7. The average molecular weight is 475 g/mol.